The monoisotopic (exact) mass is 475 g/mol. The highest BCUT2D eigenvalue weighted by Gasteiger charge is 2.20. The van der Waals surface area contributed by atoms with E-state index in [0.717, 1.165) is 14.4 Å². The van der Waals surface area contributed by atoms with E-state index in [4.69, 9.17) is 23.2 Å². The Bertz CT molecular complexity index is 573. The first-order chi connectivity index (χ1) is 8.52. The van der Waals surface area contributed by atoms with E-state index in [1.54, 1.807) is 0 Å². The molecule has 1 N–H and O–H groups in total. The van der Waals surface area contributed by atoms with E-state index in [-0.39, 0.29) is 6.04 Å². The third-order valence-electron chi connectivity index (χ3n) is 2.55. The molecule has 0 amide bonds. The molecule has 1 aromatic heterocycles. The van der Waals surface area contributed by atoms with Crippen molar-refractivity contribution in [3.63, 3.8) is 0 Å². The predicted molar refractivity (Wildman–Crippen MR) is 92.1 cm³/mol. The Morgan fingerprint density at radius 1 is 1.28 bits per heavy atom. The lowest BCUT2D eigenvalue weighted by Gasteiger charge is -2.18. The van der Waals surface area contributed by atoms with Gasteiger partial charge in [0.15, 0.2) is 0 Å². The zero-order valence-electron chi connectivity index (χ0n) is 9.31. The maximum atomic E-state index is 6.24. The molecule has 1 heterocycles. The largest absolute Gasteiger partial charge is 0.309 e. The predicted octanol–water partition coefficient (Wildman–Crippen LogP) is 5.73. The molecule has 0 aliphatic heterocycles. The van der Waals surface area contributed by atoms with Crippen LogP contribution in [-0.2, 0) is 0 Å². The lowest BCUT2D eigenvalue weighted by Crippen LogP contribution is -2.18. The number of halogens is 4. The van der Waals surface area contributed by atoms with Crippen molar-refractivity contribution in [2.45, 2.75) is 6.04 Å². The van der Waals surface area contributed by atoms with Gasteiger partial charge in [0, 0.05) is 13.6 Å². The van der Waals surface area contributed by atoms with Crippen molar-refractivity contribution < 1.29 is 0 Å². The molecule has 0 saturated heterocycles. The third kappa shape index (κ3) is 3.22. The first-order valence-corrected chi connectivity index (χ1v) is 8.54. The Hall–Kier alpha value is 0.670. The van der Waals surface area contributed by atoms with E-state index in [9.17, 15) is 0 Å². The molecule has 0 fully saturated rings. The molecular formula is C12H9BrCl2INS. The van der Waals surface area contributed by atoms with E-state index >= 15 is 0 Å². The van der Waals surface area contributed by atoms with Crippen LogP contribution in [0, 0.1) is 3.57 Å². The molecular weight excluding hydrogens is 468 g/mol. The molecule has 2 rings (SSSR count). The first-order valence-electron chi connectivity index (χ1n) is 5.10. The van der Waals surface area contributed by atoms with Crippen molar-refractivity contribution in [3.05, 3.63) is 52.1 Å². The quantitative estimate of drug-likeness (QED) is 0.558. The molecule has 0 saturated carbocycles. The van der Waals surface area contributed by atoms with Gasteiger partial charge in [-0.3, -0.25) is 0 Å². The summed E-state index contributed by atoms with van der Waals surface area (Å²) < 4.78 is 3.68. The SMILES string of the molecule is CNC(c1cc(Br)ccc1I)c1cc(Cl)sc1Cl. The fourth-order valence-corrected chi connectivity index (χ4v) is 4.32. The van der Waals surface area contributed by atoms with Gasteiger partial charge in [-0.25, -0.2) is 0 Å². The number of nitrogens with one attached hydrogen (secondary N) is 1. The number of rotatable bonds is 3. The fraction of sp³-hybridized carbons (Fsp3) is 0.167. The molecule has 1 unspecified atom stereocenters. The summed E-state index contributed by atoms with van der Waals surface area (Å²) in [7, 11) is 1.92. The van der Waals surface area contributed by atoms with Crippen molar-refractivity contribution in [1.29, 1.82) is 0 Å². The number of hydrogen-bond donors (Lipinski definition) is 1. The molecule has 0 radical (unpaired) electrons. The summed E-state index contributed by atoms with van der Waals surface area (Å²) >= 11 is 19.5. The van der Waals surface area contributed by atoms with Gasteiger partial charge in [-0.05, 0) is 59.5 Å². The highest BCUT2D eigenvalue weighted by molar-refractivity contribution is 14.1. The van der Waals surface area contributed by atoms with Crippen LogP contribution in [0.15, 0.2) is 28.7 Å². The number of thiophene rings is 1. The molecule has 0 aliphatic carbocycles. The van der Waals surface area contributed by atoms with Crippen LogP contribution >= 0.6 is 73.1 Å². The number of benzene rings is 1. The number of hydrogen-bond acceptors (Lipinski definition) is 2. The van der Waals surface area contributed by atoms with Crippen molar-refractivity contribution in [3.8, 4) is 0 Å². The summed E-state index contributed by atoms with van der Waals surface area (Å²) in [6, 6.07) is 8.18. The molecule has 2 aromatic rings. The van der Waals surface area contributed by atoms with Gasteiger partial charge in [-0.2, -0.15) is 0 Å². The third-order valence-corrected chi connectivity index (χ3v) is 5.55. The zero-order valence-corrected chi connectivity index (χ0v) is 15.4. The normalized spacial score (nSPS) is 12.7. The van der Waals surface area contributed by atoms with Gasteiger partial charge in [0.25, 0.3) is 0 Å². The Balaban J connectivity index is 2.51. The van der Waals surface area contributed by atoms with Crippen LogP contribution in [0.2, 0.25) is 8.67 Å². The van der Waals surface area contributed by atoms with Crippen LogP contribution in [0.3, 0.4) is 0 Å². The van der Waals surface area contributed by atoms with Gasteiger partial charge in [-0.15, -0.1) is 11.3 Å². The zero-order chi connectivity index (χ0) is 13.3. The molecule has 0 bridgehead atoms. The topological polar surface area (TPSA) is 12.0 Å². The van der Waals surface area contributed by atoms with Crippen LogP contribution in [-0.4, -0.2) is 7.05 Å². The summed E-state index contributed by atoms with van der Waals surface area (Å²) in [6.45, 7) is 0. The van der Waals surface area contributed by atoms with E-state index in [1.165, 1.54) is 20.5 Å². The molecule has 1 nitrogen and oxygen atoms in total. The van der Waals surface area contributed by atoms with Crippen LogP contribution in [0.1, 0.15) is 17.2 Å². The molecule has 0 aliphatic rings. The van der Waals surface area contributed by atoms with Crippen molar-refractivity contribution in [2.75, 3.05) is 7.05 Å². The summed E-state index contributed by atoms with van der Waals surface area (Å²) in [5.41, 5.74) is 2.20. The van der Waals surface area contributed by atoms with Crippen LogP contribution in [0.5, 0.6) is 0 Å². The van der Waals surface area contributed by atoms with Crippen LogP contribution < -0.4 is 5.32 Å². The molecule has 96 valence electrons. The van der Waals surface area contributed by atoms with Crippen LogP contribution in [0.4, 0.5) is 0 Å². The first kappa shape index (κ1) is 15.1. The van der Waals surface area contributed by atoms with Crippen molar-refractivity contribution >= 4 is 73.1 Å². The van der Waals surface area contributed by atoms with Gasteiger partial charge in [-0.1, -0.05) is 39.1 Å². The van der Waals surface area contributed by atoms with E-state index in [0.29, 0.717) is 4.34 Å². The van der Waals surface area contributed by atoms with E-state index < -0.39 is 0 Å². The Labute approximate surface area is 142 Å². The molecule has 6 heteroatoms. The van der Waals surface area contributed by atoms with Crippen LogP contribution in [0.25, 0.3) is 0 Å². The Morgan fingerprint density at radius 3 is 2.56 bits per heavy atom. The minimum Gasteiger partial charge on any atom is -0.309 e. The molecule has 1 atom stereocenters. The molecule has 18 heavy (non-hydrogen) atoms. The Morgan fingerprint density at radius 2 is 2.00 bits per heavy atom. The summed E-state index contributed by atoms with van der Waals surface area (Å²) in [5.74, 6) is 0. The van der Waals surface area contributed by atoms with Gasteiger partial charge >= 0.3 is 0 Å². The average molecular weight is 477 g/mol. The smallest absolute Gasteiger partial charge is 0.0995 e. The second-order valence-corrected chi connectivity index (χ2v) is 8.03. The van der Waals surface area contributed by atoms with Gasteiger partial charge in [0.1, 0.15) is 0 Å². The Kier molecular flexibility index (Phi) is 5.37. The molecule has 1 aromatic carbocycles. The van der Waals surface area contributed by atoms with E-state index in [2.05, 4.69) is 56.0 Å². The second-order valence-electron chi connectivity index (χ2n) is 3.67. The minimum atomic E-state index is 0.0469. The summed E-state index contributed by atoms with van der Waals surface area (Å²) in [4.78, 5) is 0. The molecule has 0 spiro atoms. The fourth-order valence-electron chi connectivity index (χ4n) is 1.76. The highest BCUT2D eigenvalue weighted by atomic mass is 127. The van der Waals surface area contributed by atoms with E-state index in [1.807, 2.05) is 19.2 Å². The average Bonchev–Trinajstić information content (AvgIpc) is 2.64. The van der Waals surface area contributed by atoms with Crippen molar-refractivity contribution in [1.82, 2.24) is 5.32 Å². The lowest BCUT2D eigenvalue weighted by atomic mass is 10.0. The van der Waals surface area contributed by atoms with Crippen molar-refractivity contribution in [2.24, 2.45) is 0 Å². The van der Waals surface area contributed by atoms with Gasteiger partial charge in [0.2, 0.25) is 0 Å². The summed E-state index contributed by atoms with van der Waals surface area (Å²) in [6.07, 6.45) is 0. The lowest BCUT2D eigenvalue weighted by molar-refractivity contribution is 0.691. The minimum absolute atomic E-state index is 0.0469. The standard InChI is InChI=1S/C12H9BrCl2INS/c1-17-11(8-5-10(14)18-12(8)15)7-4-6(13)2-3-9(7)16/h2-5,11,17H,1H3. The van der Waals surface area contributed by atoms with Gasteiger partial charge in [0.05, 0.1) is 14.7 Å². The maximum Gasteiger partial charge on any atom is 0.0995 e. The highest BCUT2D eigenvalue weighted by Crippen LogP contribution is 2.38. The van der Waals surface area contributed by atoms with Gasteiger partial charge < -0.3 is 5.32 Å². The summed E-state index contributed by atoms with van der Waals surface area (Å²) in [5, 5.41) is 3.29. The second kappa shape index (κ2) is 6.41. The maximum absolute atomic E-state index is 6.24.